The van der Waals surface area contributed by atoms with Crippen molar-refractivity contribution in [3.63, 3.8) is 0 Å². The van der Waals surface area contributed by atoms with Crippen molar-refractivity contribution in [1.82, 2.24) is 0 Å². The number of hydrogen-bond acceptors (Lipinski definition) is 8. The van der Waals surface area contributed by atoms with Crippen molar-refractivity contribution in [1.29, 1.82) is 0 Å². The van der Waals surface area contributed by atoms with Gasteiger partial charge in [-0.1, -0.05) is 46.0 Å². The summed E-state index contributed by atoms with van der Waals surface area (Å²) in [6, 6.07) is 0. The van der Waals surface area contributed by atoms with Crippen LogP contribution in [0.2, 0.25) is 0 Å². The molecular weight excluding hydrogens is 425 g/mol. The molecule has 0 saturated heterocycles. The highest BCUT2D eigenvalue weighted by Crippen LogP contribution is 2.38. The first kappa shape index (κ1) is 30.0. The predicted octanol–water partition coefficient (Wildman–Crippen LogP) is 3.20. The summed E-state index contributed by atoms with van der Waals surface area (Å²) in [6.07, 6.45) is 5.76. The lowest BCUT2D eigenvalue weighted by Gasteiger charge is -2.28. The van der Waals surface area contributed by atoms with Gasteiger partial charge < -0.3 is 27.9 Å². The van der Waals surface area contributed by atoms with Gasteiger partial charge in [-0.05, 0) is 12.8 Å². The molecule has 0 amide bonds. The SMILES string of the molecule is CCCCCCC(=O)OC[C@H](COP(=O)([O-])OCC[N+](C)(C)C)OC(=O)CCCCC. The average Bonchev–Trinajstić information content (AvgIpc) is 2.66. The molecule has 9 nitrogen and oxygen atoms in total. The highest BCUT2D eigenvalue weighted by Gasteiger charge is 2.21. The number of unbranched alkanes of at least 4 members (excludes halogenated alkanes) is 5. The van der Waals surface area contributed by atoms with E-state index in [1.54, 1.807) is 0 Å². The number of carbonyl (C=O) groups is 2. The first-order chi connectivity index (χ1) is 14.5. The number of quaternary nitrogens is 1. The van der Waals surface area contributed by atoms with E-state index in [-0.39, 0.29) is 26.1 Å². The predicted molar refractivity (Wildman–Crippen MR) is 116 cm³/mol. The molecule has 0 saturated carbocycles. The van der Waals surface area contributed by atoms with Crippen molar-refractivity contribution in [2.75, 3.05) is 47.5 Å². The molecule has 0 aliphatic heterocycles. The van der Waals surface area contributed by atoms with Gasteiger partial charge in [0, 0.05) is 12.8 Å². The van der Waals surface area contributed by atoms with E-state index in [2.05, 4.69) is 6.92 Å². The van der Waals surface area contributed by atoms with Gasteiger partial charge in [-0.15, -0.1) is 0 Å². The number of hydrogen-bond donors (Lipinski definition) is 0. The Labute approximate surface area is 187 Å². The molecule has 10 heteroatoms. The van der Waals surface area contributed by atoms with Crippen LogP contribution in [0.15, 0.2) is 0 Å². The maximum Gasteiger partial charge on any atom is 0.306 e. The van der Waals surface area contributed by atoms with Crippen LogP contribution in [0.5, 0.6) is 0 Å². The van der Waals surface area contributed by atoms with Crippen LogP contribution in [0, 0.1) is 0 Å². The second-order valence-electron chi connectivity index (χ2n) is 8.65. The quantitative estimate of drug-likeness (QED) is 0.123. The third kappa shape index (κ3) is 19.4. The van der Waals surface area contributed by atoms with Crippen LogP contribution in [-0.2, 0) is 32.7 Å². The van der Waals surface area contributed by atoms with Gasteiger partial charge in [0.05, 0.1) is 27.7 Å². The van der Waals surface area contributed by atoms with Crippen molar-refractivity contribution in [2.45, 2.75) is 77.7 Å². The zero-order valence-corrected chi connectivity index (χ0v) is 20.8. The summed E-state index contributed by atoms with van der Waals surface area (Å²) in [5.74, 6) is -0.889. The molecule has 0 aliphatic carbocycles. The molecule has 2 atom stereocenters. The third-order valence-electron chi connectivity index (χ3n) is 4.38. The monoisotopic (exact) mass is 467 g/mol. The lowest BCUT2D eigenvalue weighted by Crippen LogP contribution is -2.37. The fourth-order valence-corrected chi connectivity index (χ4v) is 3.20. The van der Waals surface area contributed by atoms with Gasteiger partial charge >= 0.3 is 11.9 Å². The third-order valence-corrected chi connectivity index (χ3v) is 5.34. The van der Waals surface area contributed by atoms with Crippen LogP contribution in [0.1, 0.15) is 71.6 Å². The molecule has 0 aromatic rings. The second kappa shape index (κ2) is 16.6. The Morgan fingerprint density at radius 3 is 2.06 bits per heavy atom. The van der Waals surface area contributed by atoms with Crippen molar-refractivity contribution in [2.24, 2.45) is 0 Å². The molecule has 0 N–H and O–H groups in total. The van der Waals surface area contributed by atoms with Crippen LogP contribution in [0.3, 0.4) is 0 Å². The molecule has 31 heavy (non-hydrogen) atoms. The van der Waals surface area contributed by atoms with Gasteiger partial charge in [0.1, 0.15) is 19.8 Å². The molecular formula is C21H42NO8P. The minimum atomic E-state index is -4.57. The molecule has 0 rings (SSSR count). The maximum absolute atomic E-state index is 12.0. The lowest BCUT2D eigenvalue weighted by molar-refractivity contribution is -0.870. The van der Waals surface area contributed by atoms with E-state index in [0.717, 1.165) is 38.5 Å². The number of likely N-dealkylation sites (N-methyl/N-ethyl adjacent to an activating group) is 1. The number of ether oxygens (including phenoxy) is 2. The molecule has 0 aliphatic rings. The molecule has 184 valence electrons. The van der Waals surface area contributed by atoms with Crippen LogP contribution < -0.4 is 4.89 Å². The van der Waals surface area contributed by atoms with Crippen molar-refractivity contribution >= 4 is 19.8 Å². The van der Waals surface area contributed by atoms with E-state index in [9.17, 15) is 19.0 Å². The van der Waals surface area contributed by atoms with Gasteiger partial charge in [0.25, 0.3) is 7.82 Å². The molecule has 0 fully saturated rings. The minimum Gasteiger partial charge on any atom is -0.756 e. The molecule has 0 aromatic carbocycles. The van der Waals surface area contributed by atoms with Crippen molar-refractivity contribution in [3.8, 4) is 0 Å². The summed E-state index contributed by atoms with van der Waals surface area (Å²) < 4.78 is 32.7. The molecule has 0 bridgehead atoms. The zero-order valence-electron chi connectivity index (χ0n) is 19.9. The molecule has 0 heterocycles. The minimum absolute atomic E-state index is 0.0293. The van der Waals surface area contributed by atoms with Gasteiger partial charge in [-0.2, -0.15) is 0 Å². The highest BCUT2D eigenvalue weighted by molar-refractivity contribution is 7.45. The molecule has 0 aromatic heterocycles. The largest absolute Gasteiger partial charge is 0.756 e. The summed E-state index contributed by atoms with van der Waals surface area (Å²) in [6.45, 7) is 3.82. The number of nitrogens with zero attached hydrogens (tertiary/aromatic N) is 1. The molecule has 0 spiro atoms. The number of phosphoric acid groups is 1. The first-order valence-electron chi connectivity index (χ1n) is 11.2. The fourth-order valence-electron chi connectivity index (χ4n) is 2.47. The van der Waals surface area contributed by atoms with Gasteiger partial charge in [0.15, 0.2) is 6.10 Å². The van der Waals surface area contributed by atoms with Crippen molar-refractivity contribution in [3.05, 3.63) is 0 Å². The Bertz CT molecular complexity index is 550. The van der Waals surface area contributed by atoms with Crippen LogP contribution >= 0.6 is 7.82 Å². The number of phosphoric ester groups is 1. The van der Waals surface area contributed by atoms with Gasteiger partial charge in [0.2, 0.25) is 0 Å². The van der Waals surface area contributed by atoms with Crippen LogP contribution in [0.25, 0.3) is 0 Å². The standard InChI is InChI=1S/C21H42NO8P/c1-6-8-10-12-13-20(23)27-17-19(30-21(24)14-11-9-7-2)18-29-31(25,26)28-16-15-22(3,4)5/h19H,6-18H2,1-5H3/t19-/m1/s1. The van der Waals surface area contributed by atoms with E-state index in [1.807, 2.05) is 28.1 Å². The summed E-state index contributed by atoms with van der Waals surface area (Å²) in [5.41, 5.74) is 0. The van der Waals surface area contributed by atoms with E-state index in [1.165, 1.54) is 0 Å². The van der Waals surface area contributed by atoms with E-state index >= 15 is 0 Å². The Balaban J connectivity index is 4.62. The number of esters is 2. The first-order valence-corrected chi connectivity index (χ1v) is 12.7. The summed E-state index contributed by atoms with van der Waals surface area (Å²) in [4.78, 5) is 35.9. The Morgan fingerprint density at radius 2 is 1.45 bits per heavy atom. The fraction of sp³-hybridized carbons (Fsp3) is 0.905. The zero-order chi connectivity index (χ0) is 23.8. The summed E-state index contributed by atoms with van der Waals surface area (Å²) in [7, 11) is 1.16. The van der Waals surface area contributed by atoms with Crippen molar-refractivity contribution < 1.29 is 42.1 Å². The number of carbonyl (C=O) groups excluding carboxylic acids is 2. The topological polar surface area (TPSA) is 111 Å². The van der Waals surface area contributed by atoms with Crippen LogP contribution in [-0.4, -0.2) is 70.0 Å². The Kier molecular flexibility index (Phi) is 16.1. The normalized spacial score (nSPS) is 14.6. The van der Waals surface area contributed by atoms with Gasteiger partial charge in [-0.3, -0.25) is 14.2 Å². The second-order valence-corrected chi connectivity index (χ2v) is 10.1. The Morgan fingerprint density at radius 1 is 0.871 bits per heavy atom. The molecule has 1 unspecified atom stereocenters. The van der Waals surface area contributed by atoms with E-state index < -0.39 is 32.5 Å². The Hall–Kier alpha value is -0.990. The number of rotatable bonds is 19. The van der Waals surface area contributed by atoms with Crippen LogP contribution in [0.4, 0.5) is 0 Å². The summed E-state index contributed by atoms with van der Waals surface area (Å²) >= 11 is 0. The summed E-state index contributed by atoms with van der Waals surface area (Å²) in [5, 5.41) is 0. The van der Waals surface area contributed by atoms with E-state index in [4.69, 9.17) is 18.5 Å². The maximum atomic E-state index is 12.0. The molecule has 0 radical (unpaired) electrons. The average molecular weight is 468 g/mol. The van der Waals surface area contributed by atoms with E-state index in [0.29, 0.717) is 17.4 Å². The smallest absolute Gasteiger partial charge is 0.306 e. The van der Waals surface area contributed by atoms with Gasteiger partial charge in [-0.25, -0.2) is 0 Å². The lowest BCUT2D eigenvalue weighted by atomic mass is 10.2. The highest BCUT2D eigenvalue weighted by atomic mass is 31.2.